The first-order valence-electron chi connectivity index (χ1n) is 9.24. The molecule has 0 aliphatic carbocycles. The van der Waals surface area contributed by atoms with E-state index in [2.05, 4.69) is 15.3 Å². The van der Waals surface area contributed by atoms with Gasteiger partial charge in [-0.1, -0.05) is 42.5 Å². The van der Waals surface area contributed by atoms with E-state index in [1.165, 1.54) is 0 Å². The molecule has 7 heteroatoms. The minimum Gasteiger partial charge on any atom is -0.445 e. The monoisotopic (exact) mass is 380 g/mol. The molecule has 0 fully saturated rings. The Hall–Kier alpha value is -3.35. The van der Waals surface area contributed by atoms with E-state index >= 15 is 0 Å². The predicted molar refractivity (Wildman–Crippen MR) is 106 cm³/mol. The summed E-state index contributed by atoms with van der Waals surface area (Å²) in [6.45, 7) is 1.03. The van der Waals surface area contributed by atoms with E-state index in [0.717, 1.165) is 22.4 Å². The summed E-state index contributed by atoms with van der Waals surface area (Å²) < 4.78 is 5.13. The van der Waals surface area contributed by atoms with Gasteiger partial charge in [-0.3, -0.25) is 4.79 Å². The number of hydrogen-bond acceptors (Lipinski definition) is 4. The molecule has 146 valence electrons. The van der Waals surface area contributed by atoms with E-state index in [4.69, 9.17) is 4.74 Å². The number of aromatic amines is 1. The molecule has 0 aliphatic heterocycles. The van der Waals surface area contributed by atoms with Gasteiger partial charge in [0.05, 0.1) is 17.6 Å². The molecule has 0 saturated heterocycles. The minimum absolute atomic E-state index is 0.0000842. The zero-order valence-electron chi connectivity index (χ0n) is 15.9. The fourth-order valence-corrected chi connectivity index (χ4v) is 2.79. The fourth-order valence-electron chi connectivity index (χ4n) is 2.79. The minimum atomic E-state index is -0.480. The van der Waals surface area contributed by atoms with Gasteiger partial charge >= 0.3 is 6.09 Å². The molecule has 2 N–H and O–H groups in total. The number of alkyl carbamates (subject to hydrolysis) is 1. The van der Waals surface area contributed by atoms with Crippen LogP contribution in [0.25, 0.3) is 11.0 Å². The number of H-pyrrole nitrogens is 1. The zero-order chi connectivity index (χ0) is 19.8. The van der Waals surface area contributed by atoms with E-state index in [9.17, 15) is 9.59 Å². The Balaban J connectivity index is 1.33. The summed E-state index contributed by atoms with van der Waals surface area (Å²) in [4.78, 5) is 33.3. The van der Waals surface area contributed by atoms with E-state index in [1.54, 1.807) is 11.9 Å². The lowest BCUT2D eigenvalue weighted by atomic mass is 10.2. The molecule has 3 rings (SSSR count). The lowest BCUT2D eigenvalue weighted by Crippen LogP contribution is -2.29. The van der Waals surface area contributed by atoms with Crippen molar-refractivity contribution in [2.45, 2.75) is 26.0 Å². The summed E-state index contributed by atoms with van der Waals surface area (Å²) in [5.74, 6) is 0.750. The maximum absolute atomic E-state index is 12.3. The molecule has 0 aliphatic rings. The topological polar surface area (TPSA) is 87.3 Å². The second kappa shape index (κ2) is 9.55. The van der Waals surface area contributed by atoms with Crippen LogP contribution in [0.2, 0.25) is 0 Å². The van der Waals surface area contributed by atoms with Crippen LogP contribution < -0.4 is 5.32 Å². The second-order valence-corrected chi connectivity index (χ2v) is 6.54. The summed E-state index contributed by atoms with van der Waals surface area (Å²) in [6, 6.07) is 17.2. The average Bonchev–Trinajstić information content (AvgIpc) is 3.12. The summed E-state index contributed by atoms with van der Waals surface area (Å²) in [7, 11) is 1.75. The van der Waals surface area contributed by atoms with Crippen molar-refractivity contribution >= 4 is 23.0 Å². The van der Waals surface area contributed by atoms with Crippen LogP contribution in [0.4, 0.5) is 4.79 Å². The Kier molecular flexibility index (Phi) is 6.62. The van der Waals surface area contributed by atoms with Crippen molar-refractivity contribution < 1.29 is 14.3 Å². The number of nitrogens with one attached hydrogen (secondary N) is 2. The van der Waals surface area contributed by atoms with Crippen LogP contribution in [0.15, 0.2) is 54.6 Å². The number of amides is 2. The molecule has 0 radical (unpaired) electrons. The molecule has 2 amide bonds. The molecule has 1 aromatic heterocycles. The molecule has 2 aromatic carbocycles. The van der Waals surface area contributed by atoms with E-state index in [0.29, 0.717) is 25.9 Å². The number of nitrogens with zero attached hydrogens (tertiary/aromatic N) is 2. The highest BCUT2D eigenvalue weighted by atomic mass is 16.5. The first-order valence-corrected chi connectivity index (χ1v) is 9.24. The summed E-state index contributed by atoms with van der Waals surface area (Å²) in [5.41, 5.74) is 2.77. The lowest BCUT2D eigenvalue weighted by Gasteiger charge is -2.15. The van der Waals surface area contributed by atoms with Crippen molar-refractivity contribution in [1.29, 1.82) is 0 Å². The molecule has 28 heavy (non-hydrogen) atoms. The van der Waals surface area contributed by atoms with Crippen LogP contribution in [-0.4, -0.2) is 40.5 Å². The maximum atomic E-state index is 12.3. The van der Waals surface area contributed by atoms with Crippen molar-refractivity contribution in [3.8, 4) is 0 Å². The number of hydrogen-bond donors (Lipinski definition) is 2. The van der Waals surface area contributed by atoms with E-state index in [1.807, 2.05) is 54.6 Å². The molecule has 0 saturated carbocycles. The van der Waals surface area contributed by atoms with Crippen LogP contribution in [0, 0.1) is 0 Å². The lowest BCUT2D eigenvalue weighted by molar-refractivity contribution is -0.130. The number of para-hydroxylation sites is 2. The Morgan fingerprint density at radius 1 is 1.11 bits per heavy atom. The molecular weight excluding hydrogens is 356 g/mol. The Morgan fingerprint density at radius 2 is 1.86 bits per heavy atom. The maximum Gasteiger partial charge on any atom is 0.407 e. The predicted octanol–water partition coefficient (Wildman–Crippen LogP) is 3.23. The number of rotatable bonds is 8. The molecule has 0 unspecified atom stereocenters. The third kappa shape index (κ3) is 5.57. The second-order valence-electron chi connectivity index (χ2n) is 6.54. The van der Waals surface area contributed by atoms with Crippen LogP contribution in [-0.2, 0) is 22.7 Å². The van der Waals surface area contributed by atoms with Gasteiger partial charge in [0.25, 0.3) is 0 Å². The highest BCUT2D eigenvalue weighted by molar-refractivity contribution is 5.77. The molecule has 0 bridgehead atoms. The SMILES string of the molecule is CN(Cc1nc2ccccc2[nH]1)C(=O)CCCNC(=O)OCc1ccccc1. The van der Waals surface area contributed by atoms with Crippen LogP contribution in [0.1, 0.15) is 24.2 Å². The quantitative estimate of drug-likeness (QED) is 0.588. The highest BCUT2D eigenvalue weighted by Crippen LogP contribution is 2.11. The van der Waals surface area contributed by atoms with Crippen LogP contribution in [0.3, 0.4) is 0 Å². The molecular formula is C21H24N4O3. The molecule has 1 heterocycles. The van der Waals surface area contributed by atoms with E-state index in [-0.39, 0.29) is 12.5 Å². The zero-order valence-corrected chi connectivity index (χ0v) is 15.9. The van der Waals surface area contributed by atoms with Gasteiger partial charge in [0.15, 0.2) is 0 Å². The van der Waals surface area contributed by atoms with Crippen LogP contribution in [0.5, 0.6) is 0 Å². The summed E-state index contributed by atoms with van der Waals surface area (Å²) in [5, 5.41) is 2.66. The number of fused-ring (bicyclic) bond motifs is 1. The van der Waals surface area contributed by atoms with Gasteiger partial charge in [0.1, 0.15) is 12.4 Å². The van der Waals surface area contributed by atoms with Crippen molar-refractivity contribution in [3.63, 3.8) is 0 Å². The smallest absolute Gasteiger partial charge is 0.407 e. The van der Waals surface area contributed by atoms with E-state index < -0.39 is 6.09 Å². The number of imidazole rings is 1. The van der Waals surface area contributed by atoms with Gasteiger partial charge in [-0.05, 0) is 24.1 Å². The van der Waals surface area contributed by atoms with Gasteiger partial charge in [-0.25, -0.2) is 9.78 Å². The summed E-state index contributed by atoms with van der Waals surface area (Å²) >= 11 is 0. The standard InChI is InChI=1S/C21H24N4O3/c1-25(14-19-23-17-10-5-6-11-18(17)24-19)20(26)12-7-13-22-21(27)28-15-16-8-3-2-4-9-16/h2-6,8-11H,7,12-15H2,1H3,(H,22,27)(H,23,24). The molecule has 0 spiro atoms. The number of carbonyl (C=O) groups excluding carboxylic acids is 2. The van der Waals surface area contributed by atoms with Crippen molar-refractivity contribution in [3.05, 3.63) is 66.0 Å². The first kappa shape index (κ1) is 19.4. The van der Waals surface area contributed by atoms with Gasteiger partial charge in [0.2, 0.25) is 5.91 Å². The Bertz CT molecular complexity index is 891. The number of ether oxygens (including phenoxy) is 1. The van der Waals surface area contributed by atoms with Crippen molar-refractivity contribution in [2.75, 3.05) is 13.6 Å². The summed E-state index contributed by atoms with van der Waals surface area (Å²) in [6.07, 6.45) is 0.409. The Morgan fingerprint density at radius 3 is 2.64 bits per heavy atom. The largest absolute Gasteiger partial charge is 0.445 e. The van der Waals surface area contributed by atoms with Gasteiger partial charge in [-0.2, -0.15) is 0 Å². The third-order valence-electron chi connectivity index (χ3n) is 4.30. The normalized spacial score (nSPS) is 10.6. The molecule has 3 aromatic rings. The van der Waals surface area contributed by atoms with Crippen LogP contribution >= 0.6 is 0 Å². The van der Waals surface area contributed by atoms with Gasteiger partial charge in [-0.15, -0.1) is 0 Å². The molecule has 7 nitrogen and oxygen atoms in total. The third-order valence-corrected chi connectivity index (χ3v) is 4.30. The number of aromatic nitrogens is 2. The fraction of sp³-hybridized carbons (Fsp3) is 0.286. The average molecular weight is 380 g/mol. The van der Waals surface area contributed by atoms with Crippen molar-refractivity contribution in [2.24, 2.45) is 0 Å². The van der Waals surface area contributed by atoms with Crippen molar-refractivity contribution in [1.82, 2.24) is 20.2 Å². The number of benzene rings is 2. The molecule has 0 atom stereocenters. The number of carbonyl (C=O) groups is 2. The Labute approximate surface area is 163 Å². The first-order chi connectivity index (χ1) is 13.6. The van der Waals surface area contributed by atoms with Gasteiger partial charge in [0, 0.05) is 20.0 Å². The van der Waals surface area contributed by atoms with Gasteiger partial charge < -0.3 is 19.9 Å². The highest BCUT2D eigenvalue weighted by Gasteiger charge is 2.12.